The zero-order chi connectivity index (χ0) is 14.9. The lowest BCUT2D eigenvalue weighted by atomic mass is 9.86. The quantitative estimate of drug-likeness (QED) is 0.902. The van der Waals surface area contributed by atoms with Gasteiger partial charge in [-0.15, -0.1) is 0 Å². The molecule has 21 heavy (non-hydrogen) atoms. The van der Waals surface area contributed by atoms with E-state index in [0.717, 1.165) is 19.0 Å². The van der Waals surface area contributed by atoms with Crippen LogP contribution in [0.25, 0.3) is 0 Å². The molecule has 1 unspecified atom stereocenters. The number of hydrogen-bond donors (Lipinski definition) is 1. The van der Waals surface area contributed by atoms with Gasteiger partial charge in [0, 0.05) is 43.6 Å². The molecule has 1 saturated carbocycles. The first-order chi connectivity index (χ1) is 10.2. The third-order valence-corrected chi connectivity index (χ3v) is 5.59. The van der Waals surface area contributed by atoms with E-state index in [1.807, 2.05) is 12.4 Å². The summed E-state index contributed by atoms with van der Waals surface area (Å²) >= 11 is 0. The predicted molar refractivity (Wildman–Crippen MR) is 87.2 cm³/mol. The average molecular weight is 287 g/mol. The molecule has 0 radical (unpaired) electrons. The predicted octanol–water partition coefficient (Wildman–Crippen LogP) is 3.13. The van der Waals surface area contributed by atoms with Crippen LogP contribution in [0, 0.1) is 12.8 Å². The third kappa shape index (κ3) is 3.14. The van der Waals surface area contributed by atoms with Crippen LogP contribution in [0.3, 0.4) is 0 Å². The second-order valence-electron chi connectivity index (χ2n) is 7.01. The zero-order valence-electron chi connectivity index (χ0n) is 13.7. The van der Waals surface area contributed by atoms with Crippen molar-refractivity contribution in [1.82, 2.24) is 15.2 Å². The second kappa shape index (κ2) is 6.05. The van der Waals surface area contributed by atoms with Crippen LogP contribution in [0.15, 0.2) is 18.5 Å². The topological polar surface area (TPSA) is 28.2 Å². The van der Waals surface area contributed by atoms with Gasteiger partial charge in [0.1, 0.15) is 0 Å². The van der Waals surface area contributed by atoms with E-state index >= 15 is 0 Å². The highest BCUT2D eigenvalue weighted by Crippen LogP contribution is 2.37. The van der Waals surface area contributed by atoms with Gasteiger partial charge in [-0.1, -0.05) is 19.9 Å². The molecule has 1 aliphatic carbocycles. The van der Waals surface area contributed by atoms with Crippen LogP contribution >= 0.6 is 0 Å². The minimum atomic E-state index is 0.315. The highest BCUT2D eigenvalue weighted by atomic mass is 15.3. The molecule has 2 heterocycles. The molecule has 1 saturated heterocycles. The maximum absolute atomic E-state index is 4.37. The number of nitrogens with one attached hydrogen (secondary N) is 1. The van der Waals surface area contributed by atoms with Crippen LogP contribution in [0.4, 0.5) is 0 Å². The Hall–Kier alpha value is -0.930. The smallest absolute Gasteiger partial charge is 0.0333 e. The molecule has 1 atom stereocenters. The molecule has 3 heteroatoms. The molecule has 116 valence electrons. The van der Waals surface area contributed by atoms with E-state index in [4.69, 9.17) is 0 Å². The molecule has 3 rings (SSSR count). The molecular weight excluding hydrogens is 258 g/mol. The van der Waals surface area contributed by atoms with Gasteiger partial charge in [-0.05, 0) is 49.7 Å². The van der Waals surface area contributed by atoms with E-state index in [2.05, 4.69) is 42.0 Å². The number of nitrogens with zero attached hydrogens (tertiary/aromatic N) is 2. The van der Waals surface area contributed by atoms with Crippen molar-refractivity contribution in [3.8, 4) is 0 Å². The highest BCUT2D eigenvalue weighted by molar-refractivity contribution is 5.17. The fourth-order valence-electron chi connectivity index (χ4n) is 3.85. The Morgan fingerprint density at radius 3 is 2.67 bits per heavy atom. The summed E-state index contributed by atoms with van der Waals surface area (Å²) in [4.78, 5) is 7.11. The molecule has 3 nitrogen and oxygen atoms in total. The van der Waals surface area contributed by atoms with E-state index in [9.17, 15) is 0 Å². The van der Waals surface area contributed by atoms with Gasteiger partial charge in [0.15, 0.2) is 0 Å². The molecule has 0 amide bonds. The van der Waals surface area contributed by atoms with Crippen molar-refractivity contribution < 1.29 is 0 Å². The molecule has 0 bridgehead atoms. The fraction of sp³-hybridized carbons (Fsp3) is 0.722. The van der Waals surface area contributed by atoms with Gasteiger partial charge >= 0.3 is 0 Å². The lowest BCUT2D eigenvalue weighted by Gasteiger charge is -2.50. The van der Waals surface area contributed by atoms with Gasteiger partial charge in [-0.25, -0.2) is 0 Å². The van der Waals surface area contributed by atoms with Crippen molar-refractivity contribution in [1.29, 1.82) is 0 Å². The monoisotopic (exact) mass is 287 g/mol. The standard InChI is InChI=1S/C18H29N3/c1-4-18(5-2)13-20-17(16-6-7-16)12-21(18)11-15-8-14(3)9-19-10-15/h8-10,16-17,20H,4-7,11-13H2,1-3H3. The van der Waals surface area contributed by atoms with Crippen molar-refractivity contribution in [3.05, 3.63) is 29.6 Å². The van der Waals surface area contributed by atoms with Gasteiger partial charge in [-0.3, -0.25) is 9.88 Å². The van der Waals surface area contributed by atoms with Crippen LogP contribution in [0.1, 0.15) is 50.7 Å². The van der Waals surface area contributed by atoms with E-state index in [1.165, 1.54) is 43.4 Å². The Bertz CT molecular complexity index is 477. The number of pyridine rings is 1. The molecule has 0 aromatic carbocycles. The number of rotatable bonds is 5. The van der Waals surface area contributed by atoms with E-state index < -0.39 is 0 Å². The Balaban J connectivity index is 1.78. The summed E-state index contributed by atoms with van der Waals surface area (Å²) in [5.74, 6) is 0.926. The molecular formula is C18H29N3. The van der Waals surface area contributed by atoms with Crippen molar-refractivity contribution in [3.63, 3.8) is 0 Å². The Kier molecular flexibility index (Phi) is 4.32. The molecule has 1 aliphatic heterocycles. The number of piperazine rings is 1. The van der Waals surface area contributed by atoms with Crippen molar-refractivity contribution in [2.45, 2.75) is 64.6 Å². The largest absolute Gasteiger partial charge is 0.311 e. The molecule has 0 spiro atoms. The minimum absolute atomic E-state index is 0.315. The lowest BCUT2D eigenvalue weighted by Crippen LogP contribution is -2.64. The summed E-state index contributed by atoms with van der Waals surface area (Å²) < 4.78 is 0. The molecule has 1 aromatic rings. The Morgan fingerprint density at radius 1 is 1.29 bits per heavy atom. The molecule has 1 N–H and O–H groups in total. The summed E-state index contributed by atoms with van der Waals surface area (Å²) in [6, 6.07) is 2.99. The minimum Gasteiger partial charge on any atom is -0.311 e. The van der Waals surface area contributed by atoms with E-state index in [0.29, 0.717) is 11.6 Å². The van der Waals surface area contributed by atoms with Gasteiger partial charge in [-0.2, -0.15) is 0 Å². The number of aromatic nitrogens is 1. The Morgan fingerprint density at radius 2 is 2.05 bits per heavy atom. The summed E-state index contributed by atoms with van der Waals surface area (Å²) in [7, 11) is 0. The summed E-state index contributed by atoms with van der Waals surface area (Å²) in [5, 5.41) is 3.84. The summed E-state index contributed by atoms with van der Waals surface area (Å²) in [6.45, 7) is 10.2. The summed E-state index contributed by atoms with van der Waals surface area (Å²) in [5.41, 5.74) is 2.94. The maximum atomic E-state index is 4.37. The van der Waals surface area contributed by atoms with Gasteiger partial charge in [0.25, 0.3) is 0 Å². The van der Waals surface area contributed by atoms with Crippen LogP contribution < -0.4 is 5.32 Å². The average Bonchev–Trinajstić information content (AvgIpc) is 3.32. The van der Waals surface area contributed by atoms with Gasteiger partial charge in [0.2, 0.25) is 0 Å². The first kappa shape index (κ1) is 15.0. The van der Waals surface area contributed by atoms with Crippen LogP contribution in [-0.2, 0) is 6.54 Å². The fourth-order valence-corrected chi connectivity index (χ4v) is 3.85. The van der Waals surface area contributed by atoms with Gasteiger partial charge < -0.3 is 5.32 Å². The van der Waals surface area contributed by atoms with Gasteiger partial charge in [0.05, 0.1) is 0 Å². The van der Waals surface area contributed by atoms with Crippen LogP contribution in [0.2, 0.25) is 0 Å². The SMILES string of the molecule is CCC1(CC)CNC(C2CC2)CN1Cc1cncc(C)c1. The molecule has 1 aromatic heterocycles. The van der Waals surface area contributed by atoms with E-state index in [-0.39, 0.29) is 0 Å². The third-order valence-electron chi connectivity index (χ3n) is 5.59. The second-order valence-corrected chi connectivity index (χ2v) is 7.01. The highest BCUT2D eigenvalue weighted by Gasteiger charge is 2.43. The van der Waals surface area contributed by atoms with E-state index in [1.54, 1.807) is 0 Å². The zero-order valence-corrected chi connectivity index (χ0v) is 13.7. The van der Waals surface area contributed by atoms with Crippen molar-refractivity contribution >= 4 is 0 Å². The van der Waals surface area contributed by atoms with Crippen LogP contribution in [-0.4, -0.2) is 34.6 Å². The normalized spacial score (nSPS) is 26.0. The summed E-state index contributed by atoms with van der Waals surface area (Å²) in [6.07, 6.45) is 9.25. The first-order valence-electron chi connectivity index (χ1n) is 8.56. The Labute approximate surface area is 129 Å². The van der Waals surface area contributed by atoms with Crippen molar-refractivity contribution in [2.24, 2.45) is 5.92 Å². The number of aryl methyl sites for hydroxylation is 1. The number of hydrogen-bond acceptors (Lipinski definition) is 3. The lowest BCUT2D eigenvalue weighted by molar-refractivity contribution is 0.0202. The molecule has 2 fully saturated rings. The first-order valence-corrected chi connectivity index (χ1v) is 8.56. The molecule has 2 aliphatic rings. The van der Waals surface area contributed by atoms with Crippen LogP contribution in [0.5, 0.6) is 0 Å². The maximum Gasteiger partial charge on any atom is 0.0333 e. The van der Waals surface area contributed by atoms with Crippen molar-refractivity contribution in [2.75, 3.05) is 13.1 Å².